The predicted octanol–water partition coefficient (Wildman–Crippen LogP) is 0.285. The molecule has 0 aromatic carbocycles. The van der Waals surface area contributed by atoms with Crippen molar-refractivity contribution in [3.8, 4) is 0 Å². The van der Waals surface area contributed by atoms with Gasteiger partial charge in [-0.1, -0.05) is 27.5 Å². The Labute approximate surface area is 120 Å². The topological polar surface area (TPSA) is 0 Å². The van der Waals surface area contributed by atoms with E-state index in [0.717, 1.165) is 0 Å². The van der Waals surface area contributed by atoms with E-state index in [0.29, 0.717) is 5.33 Å². The second-order valence-electron chi connectivity index (χ2n) is 1.68. The van der Waals surface area contributed by atoms with Crippen LogP contribution >= 0.6 is 27.5 Å². The van der Waals surface area contributed by atoms with Gasteiger partial charge in [0.1, 0.15) is 0 Å². The molecule has 0 radical (unpaired) electrons. The van der Waals surface area contributed by atoms with Crippen molar-refractivity contribution in [2.24, 2.45) is 0 Å². The molecule has 0 saturated heterocycles. The quantitative estimate of drug-likeness (QED) is 0.513. The Morgan fingerprint density at radius 1 is 1.45 bits per heavy atom. The summed E-state index contributed by atoms with van der Waals surface area (Å²) < 4.78 is 34.5. The van der Waals surface area contributed by atoms with E-state index < -0.39 is 6.98 Å². The second-order valence-corrected chi connectivity index (χ2v) is 2.96. The minimum absolute atomic E-state index is 0. The van der Waals surface area contributed by atoms with Gasteiger partial charge in [0.2, 0.25) is 0 Å². The van der Waals surface area contributed by atoms with Crippen LogP contribution in [0.5, 0.6) is 0 Å². The van der Waals surface area contributed by atoms with E-state index in [1.807, 2.05) is 0 Å². The van der Waals surface area contributed by atoms with Crippen LogP contribution in [0.4, 0.5) is 12.9 Å². The van der Waals surface area contributed by atoms with Crippen LogP contribution in [0.2, 0.25) is 0 Å². The summed E-state index contributed by atoms with van der Waals surface area (Å²) in [5, 5.41) is 0.304. The van der Waals surface area contributed by atoms with Crippen molar-refractivity contribution in [1.29, 1.82) is 0 Å². The van der Waals surface area contributed by atoms with E-state index in [2.05, 4.69) is 15.9 Å². The Morgan fingerprint density at radius 3 is 2.18 bits per heavy atom. The maximum absolute atomic E-state index is 11.5. The summed E-state index contributed by atoms with van der Waals surface area (Å²) >= 11 is 8.16. The normalized spacial score (nSPS) is 12.6. The van der Waals surface area contributed by atoms with Crippen molar-refractivity contribution >= 4 is 34.5 Å². The standard InChI is InChI=1S/C4H5BBrClF3.K/c6-2-1-4(7)3-5(8,9)10;/h3H,1-2H2;/q-1;+1/b4-3-;. The molecule has 11 heavy (non-hydrogen) atoms. The first-order valence-corrected chi connectivity index (χ1v) is 4.09. The Morgan fingerprint density at radius 2 is 1.91 bits per heavy atom. The molecule has 0 rings (SSSR count). The van der Waals surface area contributed by atoms with Crippen LogP contribution in [0, 0.1) is 0 Å². The Balaban J connectivity index is 0. The average Bonchev–Trinajstić information content (AvgIpc) is 1.59. The van der Waals surface area contributed by atoms with Crippen molar-refractivity contribution in [3.05, 3.63) is 11.0 Å². The van der Waals surface area contributed by atoms with E-state index in [4.69, 9.17) is 11.6 Å². The van der Waals surface area contributed by atoms with Crippen LogP contribution in [0.3, 0.4) is 0 Å². The summed E-state index contributed by atoms with van der Waals surface area (Å²) in [7, 11) is 0. The van der Waals surface area contributed by atoms with Gasteiger partial charge in [-0.15, -0.1) is 5.98 Å². The summed E-state index contributed by atoms with van der Waals surface area (Å²) in [6.07, 6.45) is 0.225. The maximum Gasteiger partial charge on any atom is 1.00 e. The molecule has 0 amide bonds. The summed E-state index contributed by atoms with van der Waals surface area (Å²) in [6, 6.07) is 0. The largest absolute Gasteiger partial charge is 1.00 e. The zero-order valence-corrected chi connectivity index (χ0v) is 11.4. The van der Waals surface area contributed by atoms with Crippen LogP contribution in [0.1, 0.15) is 6.42 Å². The van der Waals surface area contributed by atoms with E-state index in [9.17, 15) is 12.9 Å². The second kappa shape index (κ2) is 7.41. The molecule has 0 saturated carbocycles. The molecule has 0 spiro atoms. The SMILES string of the molecule is F[B-](F)(F)/C=C(\Cl)CCBr.[K+]. The molecule has 0 aromatic rings. The van der Waals surface area contributed by atoms with Gasteiger partial charge in [-0.3, -0.25) is 0 Å². The molecule has 0 nitrogen and oxygen atoms in total. The molecule has 0 unspecified atom stereocenters. The fourth-order valence-electron chi connectivity index (χ4n) is 0.379. The molecule has 0 aromatic heterocycles. The fraction of sp³-hybridized carbons (Fsp3) is 0.500. The maximum atomic E-state index is 11.5. The van der Waals surface area contributed by atoms with Gasteiger partial charge in [0.25, 0.3) is 0 Å². The van der Waals surface area contributed by atoms with Crippen LogP contribution in [-0.2, 0) is 0 Å². The van der Waals surface area contributed by atoms with Crippen molar-refractivity contribution < 1.29 is 64.3 Å². The Hall–Kier alpha value is 2.00. The van der Waals surface area contributed by atoms with Crippen molar-refractivity contribution in [2.75, 3.05) is 5.33 Å². The first-order valence-electron chi connectivity index (χ1n) is 2.59. The monoisotopic (exact) mass is 274 g/mol. The van der Waals surface area contributed by atoms with Gasteiger partial charge < -0.3 is 12.9 Å². The van der Waals surface area contributed by atoms with Gasteiger partial charge in [-0.05, 0) is 11.5 Å². The van der Waals surface area contributed by atoms with Gasteiger partial charge in [-0.2, -0.15) is 0 Å². The molecule has 0 N–H and O–H groups in total. The molecule has 0 aliphatic carbocycles. The summed E-state index contributed by atoms with van der Waals surface area (Å²) in [5.41, 5.74) is 0. The van der Waals surface area contributed by atoms with Gasteiger partial charge in [0.15, 0.2) is 0 Å². The molecule has 60 valence electrons. The zero-order valence-electron chi connectivity index (χ0n) is 5.96. The van der Waals surface area contributed by atoms with Gasteiger partial charge >= 0.3 is 58.4 Å². The summed E-state index contributed by atoms with van der Waals surface area (Å²) in [6.45, 7) is -4.87. The summed E-state index contributed by atoms with van der Waals surface area (Å²) in [4.78, 5) is 0. The fourth-order valence-corrected chi connectivity index (χ4v) is 1.27. The number of hydrogen-bond donors (Lipinski definition) is 0. The number of allylic oxidation sites excluding steroid dienone is 1. The molecule has 0 bridgehead atoms. The van der Waals surface area contributed by atoms with Crippen molar-refractivity contribution in [1.82, 2.24) is 0 Å². The number of rotatable bonds is 3. The molecule has 0 aliphatic rings. The van der Waals surface area contributed by atoms with Gasteiger partial charge in [-0.25, -0.2) is 0 Å². The van der Waals surface area contributed by atoms with Crippen molar-refractivity contribution in [2.45, 2.75) is 6.42 Å². The molecular formula is C4H5BBrClF3K. The van der Waals surface area contributed by atoms with Crippen LogP contribution in [-0.4, -0.2) is 12.3 Å². The minimum atomic E-state index is -4.87. The van der Waals surface area contributed by atoms with Gasteiger partial charge in [0, 0.05) is 5.33 Å². The third-order valence-electron chi connectivity index (χ3n) is 0.703. The Kier molecular flexibility index (Phi) is 10.4. The number of halogens is 5. The van der Waals surface area contributed by atoms with Crippen LogP contribution < -0.4 is 51.4 Å². The third kappa shape index (κ3) is 12.0. The molecule has 0 fully saturated rings. The van der Waals surface area contributed by atoms with Crippen LogP contribution in [0.25, 0.3) is 0 Å². The van der Waals surface area contributed by atoms with Gasteiger partial charge in [0.05, 0.1) is 0 Å². The first-order chi connectivity index (χ1) is 4.45. The molecule has 0 atom stereocenters. The first kappa shape index (κ1) is 15.5. The molecular weight excluding hydrogens is 270 g/mol. The molecule has 0 heterocycles. The predicted molar refractivity (Wildman–Crippen MR) is 41.4 cm³/mol. The third-order valence-corrected chi connectivity index (χ3v) is 1.41. The Bertz CT molecular complexity index is 138. The smallest absolute Gasteiger partial charge is 0.445 e. The number of alkyl halides is 1. The molecule has 7 heteroatoms. The van der Waals surface area contributed by atoms with E-state index in [1.165, 1.54) is 0 Å². The van der Waals surface area contributed by atoms with E-state index >= 15 is 0 Å². The zero-order chi connectivity index (χ0) is 8.20. The van der Waals surface area contributed by atoms with E-state index in [-0.39, 0.29) is 68.8 Å². The molecule has 0 aliphatic heterocycles. The van der Waals surface area contributed by atoms with Crippen LogP contribution in [0.15, 0.2) is 11.0 Å². The summed E-state index contributed by atoms with van der Waals surface area (Å²) in [5.74, 6) is 0.156. The van der Waals surface area contributed by atoms with E-state index in [1.54, 1.807) is 0 Å². The number of hydrogen-bond acceptors (Lipinski definition) is 0. The van der Waals surface area contributed by atoms with Crippen molar-refractivity contribution in [3.63, 3.8) is 0 Å². The average molecular weight is 275 g/mol. The minimum Gasteiger partial charge on any atom is -0.445 e.